The van der Waals surface area contributed by atoms with Crippen molar-refractivity contribution in [2.45, 2.75) is 88.9 Å². The summed E-state index contributed by atoms with van der Waals surface area (Å²) in [5, 5.41) is 18.6. The Balaban J connectivity index is 0.000000679. The van der Waals surface area contributed by atoms with Crippen molar-refractivity contribution in [3.8, 4) is 0 Å². The number of carbonyl (C=O) groups excluding carboxylic acids is 5. The van der Waals surface area contributed by atoms with Crippen molar-refractivity contribution < 1.29 is 55.8 Å². The van der Waals surface area contributed by atoms with Crippen LogP contribution in [-0.4, -0.2) is 88.4 Å². The molecule has 1 saturated heterocycles. The van der Waals surface area contributed by atoms with Gasteiger partial charge in [0, 0.05) is 56.5 Å². The highest BCUT2D eigenvalue weighted by Crippen LogP contribution is 2.31. The van der Waals surface area contributed by atoms with E-state index in [0.717, 1.165) is 25.3 Å². The Bertz CT molecular complexity index is 1830. The molecule has 2 aromatic heterocycles. The number of imide groups is 1. The fraction of sp³-hybridized carbons (Fsp3) is 0.438. The number of fused-ring (bicyclic) bond motifs is 1. The van der Waals surface area contributed by atoms with Gasteiger partial charge in [-0.2, -0.15) is 18.3 Å². The number of H-pyrrole nitrogens is 1. The molecule has 0 spiro atoms. The first kappa shape index (κ1) is 37.6. The van der Waals surface area contributed by atoms with Crippen molar-refractivity contribution >= 4 is 35.5 Å². The number of benzene rings is 1. The van der Waals surface area contributed by atoms with Gasteiger partial charge in [0.15, 0.2) is 6.04 Å². The Kier molecular flexibility index (Phi) is 11.3. The van der Waals surface area contributed by atoms with Crippen LogP contribution in [0.1, 0.15) is 83.9 Å². The second-order valence-electron chi connectivity index (χ2n) is 12.4. The number of hydrogen-bond donors (Lipinski definition) is 4. The Labute approximate surface area is 291 Å². The summed E-state index contributed by atoms with van der Waals surface area (Å²) in [4.78, 5) is 80.8. The molecule has 3 aliphatic rings. The quantitative estimate of drug-likeness (QED) is 0.169. The highest BCUT2D eigenvalue weighted by Gasteiger charge is 2.40. The number of imidazole rings is 1. The number of aryl methyl sites for hydroxylation is 1. The lowest BCUT2D eigenvalue weighted by atomic mass is 9.92. The van der Waals surface area contributed by atoms with Crippen LogP contribution in [0.25, 0.3) is 0 Å². The Morgan fingerprint density at radius 2 is 1.83 bits per heavy atom. The molecule has 4 N–H and O–H groups in total. The third-order valence-electron chi connectivity index (χ3n) is 8.80. The molecular weight excluding hydrogens is 703 g/mol. The number of amides is 5. The summed E-state index contributed by atoms with van der Waals surface area (Å²) >= 11 is 0. The zero-order valence-electron chi connectivity index (χ0n) is 27.2. The smallest absolute Gasteiger partial charge is 0.475 e. The van der Waals surface area contributed by atoms with Crippen LogP contribution >= 0.6 is 0 Å². The molecule has 3 aromatic rings. The van der Waals surface area contributed by atoms with E-state index < -0.39 is 54.1 Å². The van der Waals surface area contributed by atoms with Crippen LogP contribution in [0, 0.1) is 0 Å². The minimum atomic E-state index is -5.08. The van der Waals surface area contributed by atoms with Gasteiger partial charge in [0.2, 0.25) is 23.6 Å². The van der Waals surface area contributed by atoms with Crippen LogP contribution < -0.4 is 10.6 Å². The van der Waals surface area contributed by atoms with Gasteiger partial charge in [0.05, 0.1) is 12.0 Å². The van der Waals surface area contributed by atoms with E-state index in [9.17, 15) is 45.9 Å². The maximum atomic E-state index is 13.9. The number of halogens is 5. The number of rotatable bonds is 11. The van der Waals surface area contributed by atoms with E-state index in [-0.39, 0.29) is 62.4 Å². The first-order chi connectivity index (χ1) is 24.6. The SMILES string of the molecule is O=C(O)C(F)(F)F.O=C1CCC(N2Cc3ccc(CN(C(=O)CCn4ccnc4)C(C(=O)NC4CCC4)c4cc(C(F)F)n[nH]4)cc3C2=O)C(=O)N1. The van der Waals surface area contributed by atoms with E-state index in [2.05, 4.69) is 25.8 Å². The lowest BCUT2D eigenvalue weighted by Crippen LogP contribution is -2.52. The molecule has 6 rings (SSSR count). The van der Waals surface area contributed by atoms with Gasteiger partial charge in [-0.15, -0.1) is 0 Å². The van der Waals surface area contributed by atoms with Gasteiger partial charge in [-0.05, 0) is 48.9 Å². The number of alkyl halides is 5. The summed E-state index contributed by atoms with van der Waals surface area (Å²) in [5.41, 5.74) is 1.05. The van der Waals surface area contributed by atoms with Gasteiger partial charge in [0.1, 0.15) is 11.7 Å². The minimum absolute atomic E-state index is 0.0213. The minimum Gasteiger partial charge on any atom is -0.475 e. The van der Waals surface area contributed by atoms with Crippen LogP contribution in [0.3, 0.4) is 0 Å². The molecule has 20 heteroatoms. The summed E-state index contributed by atoms with van der Waals surface area (Å²) in [7, 11) is 0. The number of carbonyl (C=O) groups is 6. The first-order valence-corrected chi connectivity index (χ1v) is 16.1. The molecule has 5 amide bonds. The van der Waals surface area contributed by atoms with Crippen molar-refractivity contribution in [2.24, 2.45) is 0 Å². The molecule has 52 heavy (non-hydrogen) atoms. The number of aliphatic carboxylic acids is 1. The topological polar surface area (TPSA) is 200 Å². The summed E-state index contributed by atoms with van der Waals surface area (Å²) < 4.78 is 60.5. The van der Waals surface area contributed by atoms with Crippen molar-refractivity contribution in [1.29, 1.82) is 0 Å². The molecule has 0 bridgehead atoms. The van der Waals surface area contributed by atoms with Gasteiger partial charge in [-0.1, -0.05) is 12.1 Å². The molecule has 278 valence electrons. The molecule has 15 nitrogen and oxygen atoms in total. The summed E-state index contributed by atoms with van der Waals surface area (Å²) in [6.45, 7) is 0.333. The number of aromatic amines is 1. The van der Waals surface area contributed by atoms with Crippen molar-refractivity contribution in [3.05, 3.63) is 71.1 Å². The Morgan fingerprint density at radius 1 is 1.10 bits per heavy atom. The molecule has 2 unspecified atom stereocenters. The maximum Gasteiger partial charge on any atom is 0.490 e. The Morgan fingerprint density at radius 3 is 2.40 bits per heavy atom. The number of nitrogens with zero attached hydrogens (tertiary/aromatic N) is 5. The average molecular weight is 737 g/mol. The molecule has 2 aliphatic heterocycles. The van der Waals surface area contributed by atoms with Crippen LogP contribution in [0.15, 0.2) is 43.0 Å². The third kappa shape index (κ3) is 8.78. The fourth-order valence-corrected chi connectivity index (χ4v) is 5.90. The van der Waals surface area contributed by atoms with Gasteiger partial charge >= 0.3 is 12.1 Å². The maximum absolute atomic E-state index is 13.9. The number of nitrogens with one attached hydrogen (secondary N) is 3. The predicted molar refractivity (Wildman–Crippen MR) is 166 cm³/mol. The molecule has 0 radical (unpaired) electrons. The van der Waals surface area contributed by atoms with E-state index in [4.69, 9.17) is 9.90 Å². The van der Waals surface area contributed by atoms with E-state index >= 15 is 0 Å². The lowest BCUT2D eigenvalue weighted by molar-refractivity contribution is -0.192. The predicted octanol–water partition coefficient (Wildman–Crippen LogP) is 2.77. The van der Waals surface area contributed by atoms with Gasteiger partial charge in [0.25, 0.3) is 12.3 Å². The standard InChI is InChI=1S/C30H32F2N8O5.C2HF3O2/c31-27(32)22-13-21(36-37-22)26(29(44)34-19-2-1-3-19)40(25(42)8-10-38-11-9-33-16-38)14-17-4-5-18-15-39(30(45)20(18)12-17)23-6-7-24(41)35-28(23)43;3-2(4,5)1(6)7/h4-5,9,11-13,16,19,23,26-27H,1-3,6-8,10,14-15H2,(H,34,44)(H,36,37)(H,35,41,43);(H,6,7). The molecule has 1 aliphatic carbocycles. The van der Waals surface area contributed by atoms with Crippen molar-refractivity contribution in [3.63, 3.8) is 0 Å². The Hall–Kier alpha value is -5.69. The molecule has 2 atom stereocenters. The molecule has 4 heterocycles. The van der Waals surface area contributed by atoms with Crippen LogP contribution in [0.4, 0.5) is 22.0 Å². The average Bonchev–Trinajstić information content (AvgIpc) is 3.83. The van der Waals surface area contributed by atoms with Gasteiger partial charge in [-0.3, -0.25) is 34.4 Å². The van der Waals surface area contributed by atoms with E-state index in [1.54, 1.807) is 41.5 Å². The van der Waals surface area contributed by atoms with Crippen LogP contribution in [-0.2, 0) is 43.6 Å². The van der Waals surface area contributed by atoms with Crippen LogP contribution in [0.5, 0.6) is 0 Å². The summed E-state index contributed by atoms with van der Waals surface area (Å²) in [5.74, 6) is -5.00. The zero-order valence-corrected chi connectivity index (χ0v) is 27.2. The zero-order chi connectivity index (χ0) is 37.7. The highest BCUT2D eigenvalue weighted by molar-refractivity contribution is 6.05. The molecule has 2 fully saturated rings. The second-order valence-corrected chi connectivity index (χ2v) is 12.4. The van der Waals surface area contributed by atoms with Crippen LogP contribution in [0.2, 0.25) is 0 Å². The normalized spacial score (nSPS) is 17.8. The molecule has 1 aromatic carbocycles. The second kappa shape index (κ2) is 15.7. The lowest BCUT2D eigenvalue weighted by Gasteiger charge is -2.34. The van der Waals surface area contributed by atoms with Gasteiger partial charge in [-0.25, -0.2) is 18.6 Å². The number of hydrogen-bond acceptors (Lipinski definition) is 8. The van der Waals surface area contributed by atoms with Crippen molar-refractivity contribution in [2.75, 3.05) is 0 Å². The van der Waals surface area contributed by atoms with E-state index in [1.807, 2.05) is 0 Å². The number of aromatic nitrogens is 4. The fourth-order valence-electron chi connectivity index (χ4n) is 5.90. The highest BCUT2D eigenvalue weighted by atomic mass is 19.4. The number of carboxylic acids is 1. The monoisotopic (exact) mass is 736 g/mol. The van der Waals surface area contributed by atoms with E-state index in [1.165, 1.54) is 9.80 Å². The largest absolute Gasteiger partial charge is 0.490 e. The van der Waals surface area contributed by atoms with E-state index in [0.29, 0.717) is 16.7 Å². The summed E-state index contributed by atoms with van der Waals surface area (Å²) in [6.07, 6.45) is -0.315. The number of piperidine rings is 1. The molecule has 1 saturated carbocycles. The summed E-state index contributed by atoms with van der Waals surface area (Å²) in [6, 6.07) is 4.01. The molecular formula is C32H33F5N8O7. The van der Waals surface area contributed by atoms with Crippen molar-refractivity contribution in [1.82, 2.24) is 40.2 Å². The first-order valence-electron chi connectivity index (χ1n) is 16.1. The number of carboxylic acid groups (broad SMARTS) is 1. The van der Waals surface area contributed by atoms with Gasteiger partial charge < -0.3 is 24.8 Å². The third-order valence-corrected chi connectivity index (χ3v) is 8.80.